The number of carbonyl (C=O) groups excluding carboxylic acids is 4. The molecule has 1 aliphatic carbocycles. The Morgan fingerprint density at radius 1 is 1.05 bits per heavy atom. The van der Waals surface area contributed by atoms with Crippen molar-refractivity contribution in [1.29, 1.82) is 0 Å². The monoisotopic (exact) mass is 584 g/mol. The van der Waals surface area contributed by atoms with Gasteiger partial charge in [0.15, 0.2) is 5.78 Å². The summed E-state index contributed by atoms with van der Waals surface area (Å²) in [5.41, 5.74) is 13.4. The Bertz CT molecular complexity index is 1190. The first-order chi connectivity index (χ1) is 19.6. The van der Waals surface area contributed by atoms with Gasteiger partial charge in [0.1, 0.15) is 5.78 Å². The Kier molecular flexibility index (Phi) is 12.9. The van der Waals surface area contributed by atoms with Crippen LogP contribution < -0.4 is 16.8 Å². The summed E-state index contributed by atoms with van der Waals surface area (Å²) in [6, 6.07) is 5.55. The molecule has 1 aliphatic rings. The predicted molar refractivity (Wildman–Crippen MR) is 165 cm³/mol. The first kappa shape index (κ1) is 32.9. The van der Waals surface area contributed by atoms with Gasteiger partial charge < -0.3 is 16.8 Å². The summed E-state index contributed by atoms with van der Waals surface area (Å²) < 4.78 is 1.06. The van der Waals surface area contributed by atoms with Crippen molar-refractivity contribution in [2.75, 3.05) is 6.54 Å². The summed E-state index contributed by atoms with van der Waals surface area (Å²) in [6.45, 7) is 6.61. The summed E-state index contributed by atoms with van der Waals surface area (Å²) in [4.78, 5) is 56.9. The van der Waals surface area contributed by atoms with Gasteiger partial charge in [0, 0.05) is 31.6 Å². The maximum atomic E-state index is 13.8. The van der Waals surface area contributed by atoms with Crippen LogP contribution in [0.25, 0.3) is 10.2 Å². The lowest BCUT2D eigenvalue weighted by molar-refractivity contribution is -0.134. The van der Waals surface area contributed by atoms with Crippen molar-refractivity contribution in [2.45, 2.75) is 110 Å². The molecule has 3 atom stereocenters. The third kappa shape index (κ3) is 9.70. The molecule has 1 heterocycles. The van der Waals surface area contributed by atoms with Gasteiger partial charge >= 0.3 is 0 Å². The average Bonchev–Trinajstić information content (AvgIpc) is 3.36. The maximum Gasteiger partial charge on any atom is 0.224 e. The van der Waals surface area contributed by atoms with Gasteiger partial charge in [-0.1, -0.05) is 52.5 Å². The minimum absolute atomic E-state index is 0.00240. The number of unbranched alkanes of at least 4 members (excludes halogenated alkanes) is 1. The molecule has 5 N–H and O–H groups in total. The summed E-state index contributed by atoms with van der Waals surface area (Å²) in [5, 5.41) is 3.87. The van der Waals surface area contributed by atoms with Crippen LogP contribution in [-0.2, 0) is 25.6 Å². The second-order valence-corrected chi connectivity index (χ2v) is 13.0. The number of Topliss-reactive ketones (excluding diaryl/α,β-unsaturated/α-hetero) is 2. The predicted octanol–water partition coefficient (Wildman–Crippen LogP) is 5.20. The number of fused-ring (bicyclic) bond motifs is 1. The molecule has 2 amide bonds. The maximum absolute atomic E-state index is 13.8. The van der Waals surface area contributed by atoms with E-state index in [9.17, 15) is 19.2 Å². The fraction of sp³-hybridized carbons (Fsp3) is 0.656. The topological polar surface area (TPSA) is 145 Å². The van der Waals surface area contributed by atoms with Crippen LogP contribution in [-0.4, -0.2) is 41.0 Å². The van der Waals surface area contributed by atoms with E-state index in [-0.39, 0.29) is 36.2 Å². The number of nitrogens with two attached hydrogens (primary N) is 2. The van der Waals surface area contributed by atoms with Gasteiger partial charge in [-0.05, 0) is 61.8 Å². The highest BCUT2D eigenvalue weighted by Gasteiger charge is 2.35. The lowest BCUT2D eigenvalue weighted by Crippen LogP contribution is -2.50. The highest BCUT2D eigenvalue weighted by atomic mass is 32.1. The Hall–Kier alpha value is -2.65. The normalized spacial score (nSPS) is 16.4. The third-order valence-electron chi connectivity index (χ3n) is 8.41. The molecule has 0 aliphatic heterocycles. The highest BCUT2D eigenvalue weighted by molar-refractivity contribution is 7.18. The molecule has 0 unspecified atom stereocenters. The van der Waals surface area contributed by atoms with Crippen LogP contribution in [0.3, 0.4) is 0 Å². The molecular formula is C32H48N4O4S. The molecule has 3 rings (SSSR count). The minimum atomic E-state index is -0.692. The van der Waals surface area contributed by atoms with Crippen LogP contribution in [0.2, 0.25) is 0 Å². The molecule has 0 spiro atoms. The molecule has 0 bridgehead atoms. The minimum Gasteiger partial charge on any atom is -0.369 e. The standard InChI is InChI=1S/C32H48N4O4S/c1-4-25(37)16-24(19-29-35-26-14-13-22(20(2)3)18-28(26)41-29)32(40)36-30(21-10-6-5-7-11-21)27(38)17-23(31(34)39)12-8-9-15-33/h13-14,18,20-21,23-24,30H,4-12,15-17,19,33H2,1-3H3,(H2,34,39)(H,36,40)/t23-,24+,30+/m1/s1. The van der Waals surface area contributed by atoms with Crippen LogP contribution >= 0.6 is 11.3 Å². The van der Waals surface area contributed by atoms with Crippen LogP contribution in [0.15, 0.2) is 18.2 Å². The Labute approximate surface area is 248 Å². The Morgan fingerprint density at radius 3 is 2.41 bits per heavy atom. The van der Waals surface area contributed by atoms with E-state index in [0.717, 1.165) is 60.2 Å². The van der Waals surface area contributed by atoms with E-state index in [1.807, 2.05) is 6.07 Å². The lowest BCUT2D eigenvalue weighted by Gasteiger charge is -2.32. The van der Waals surface area contributed by atoms with E-state index < -0.39 is 23.8 Å². The second kappa shape index (κ2) is 16.1. The molecule has 8 nitrogen and oxygen atoms in total. The second-order valence-electron chi connectivity index (χ2n) is 11.9. The van der Waals surface area contributed by atoms with Gasteiger partial charge in [-0.15, -0.1) is 11.3 Å². The zero-order chi connectivity index (χ0) is 29.9. The van der Waals surface area contributed by atoms with Gasteiger partial charge in [-0.25, -0.2) is 4.98 Å². The fourth-order valence-electron chi connectivity index (χ4n) is 5.77. The summed E-state index contributed by atoms with van der Waals surface area (Å²) in [7, 11) is 0. The number of hydrogen-bond acceptors (Lipinski definition) is 7. The van der Waals surface area contributed by atoms with Crippen molar-refractivity contribution < 1.29 is 19.2 Å². The number of nitrogens with zero attached hydrogens (tertiary/aromatic N) is 1. The molecule has 1 aromatic heterocycles. The molecule has 226 valence electrons. The molecule has 9 heteroatoms. The molecular weight excluding hydrogens is 536 g/mol. The molecule has 1 saturated carbocycles. The summed E-state index contributed by atoms with van der Waals surface area (Å²) >= 11 is 1.55. The summed E-state index contributed by atoms with van der Waals surface area (Å²) in [5.74, 6) is -1.72. The SMILES string of the molecule is CCC(=O)C[C@@H](Cc1nc2ccc(C(C)C)cc2s1)C(=O)N[C@H](C(=O)C[C@@H](CCCCN)C(N)=O)C1CCCCC1. The first-order valence-corrected chi connectivity index (χ1v) is 16.2. The van der Waals surface area contributed by atoms with E-state index >= 15 is 0 Å². The number of benzene rings is 1. The molecule has 1 fully saturated rings. The molecule has 1 aromatic carbocycles. The Morgan fingerprint density at radius 2 is 1.78 bits per heavy atom. The van der Waals surface area contributed by atoms with Gasteiger partial charge in [-0.3, -0.25) is 19.2 Å². The van der Waals surface area contributed by atoms with E-state index in [0.29, 0.717) is 31.7 Å². The average molecular weight is 585 g/mol. The quantitative estimate of drug-likeness (QED) is 0.218. The van der Waals surface area contributed by atoms with Gasteiger partial charge in [0.05, 0.1) is 27.2 Å². The number of primary amides is 1. The van der Waals surface area contributed by atoms with Crippen molar-refractivity contribution in [1.82, 2.24) is 10.3 Å². The largest absolute Gasteiger partial charge is 0.369 e. The fourth-order valence-corrected chi connectivity index (χ4v) is 6.87. The van der Waals surface area contributed by atoms with Crippen molar-refractivity contribution in [3.63, 3.8) is 0 Å². The highest BCUT2D eigenvalue weighted by Crippen LogP contribution is 2.31. The van der Waals surface area contributed by atoms with Crippen LogP contribution in [0.4, 0.5) is 0 Å². The zero-order valence-corrected chi connectivity index (χ0v) is 25.8. The van der Waals surface area contributed by atoms with Crippen molar-refractivity contribution in [3.8, 4) is 0 Å². The number of amides is 2. The van der Waals surface area contributed by atoms with Crippen molar-refractivity contribution in [3.05, 3.63) is 28.8 Å². The number of ketones is 2. The molecule has 41 heavy (non-hydrogen) atoms. The number of carbonyl (C=O) groups is 4. The number of rotatable bonds is 17. The molecule has 2 aromatic rings. The van der Waals surface area contributed by atoms with Crippen LogP contribution in [0.5, 0.6) is 0 Å². The smallest absolute Gasteiger partial charge is 0.224 e. The Balaban J connectivity index is 1.81. The van der Waals surface area contributed by atoms with E-state index in [4.69, 9.17) is 16.5 Å². The van der Waals surface area contributed by atoms with Crippen molar-refractivity contribution >= 4 is 44.9 Å². The molecule has 0 radical (unpaired) electrons. The van der Waals surface area contributed by atoms with Crippen LogP contribution in [0.1, 0.15) is 108 Å². The third-order valence-corrected chi connectivity index (χ3v) is 9.45. The number of hydrogen-bond donors (Lipinski definition) is 3. The van der Waals surface area contributed by atoms with E-state index in [1.54, 1.807) is 18.3 Å². The number of aromatic nitrogens is 1. The number of nitrogens with one attached hydrogen (secondary N) is 1. The number of thiazole rings is 1. The van der Waals surface area contributed by atoms with Gasteiger partial charge in [0.25, 0.3) is 0 Å². The van der Waals surface area contributed by atoms with E-state index in [1.165, 1.54) is 5.56 Å². The summed E-state index contributed by atoms with van der Waals surface area (Å²) in [6.07, 6.45) is 7.59. The zero-order valence-electron chi connectivity index (χ0n) is 25.0. The van der Waals surface area contributed by atoms with Gasteiger partial charge in [-0.2, -0.15) is 0 Å². The van der Waals surface area contributed by atoms with Crippen LogP contribution in [0, 0.1) is 17.8 Å². The first-order valence-electron chi connectivity index (χ1n) is 15.4. The van der Waals surface area contributed by atoms with Crippen molar-refractivity contribution in [2.24, 2.45) is 29.2 Å². The van der Waals surface area contributed by atoms with E-state index in [2.05, 4.69) is 31.3 Å². The van der Waals surface area contributed by atoms with Gasteiger partial charge in [0.2, 0.25) is 11.8 Å². The lowest BCUT2D eigenvalue weighted by atomic mass is 9.79. The molecule has 0 saturated heterocycles.